The van der Waals surface area contributed by atoms with Gasteiger partial charge in [-0.2, -0.15) is 5.10 Å². The van der Waals surface area contributed by atoms with Gasteiger partial charge in [0.1, 0.15) is 5.52 Å². The minimum absolute atomic E-state index is 0.0788. The molecule has 38 heavy (non-hydrogen) atoms. The van der Waals surface area contributed by atoms with E-state index < -0.39 is 0 Å². The fraction of sp³-hybridized carbons (Fsp3) is 0.379. The molecule has 3 aromatic heterocycles. The molecular weight excluding hydrogens is 482 g/mol. The Morgan fingerprint density at radius 2 is 1.95 bits per heavy atom. The van der Waals surface area contributed by atoms with Crippen molar-refractivity contribution in [2.75, 3.05) is 44.3 Å². The molecule has 0 N–H and O–H groups in total. The molecule has 4 aromatic rings. The average Bonchev–Trinajstić information content (AvgIpc) is 3.68. The van der Waals surface area contributed by atoms with Crippen molar-refractivity contribution >= 4 is 28.5 Å². The number of hydrogen-bond acceptors (Lipinski definition) is 7. The Bertz CT molecular complexity index is 1480. The Balaban J connectivity index is 1.30. The average molecular weight is 514 g/mol. The highest BCUT2D eigenvalue weighted by atomic mass is 16.5. The molecular formula is C29H31N5O4. The first-order chi connectivity index (χ1) is 18.5. The molecule has 0 spiro atoms. The molecule has 6 rings (SSSR count). The molecule has 2 saturated heterocycles. The maximum atomic E-state index is 13.0. The summed E-state index contributed by atoms with van der Waals surface area (Å²) >= 11 is 0. The topological polar surface area (TPSA) is 93.7 Å². The summed E-state index contributed by atoms with van der Waals surface area (Å²) in [5.41, 5.74) is 5.18. The predicted molar refractivity (Wildman–Crippen MR) is 144 cm³/mol. The van der Waals surface area contributed by atoms with Crippen LogP contribution in [-0.4, -0.2) is 70.7 Å². The monoisotopic (exact) mass is 513 g/mol. The molecule has 1 aromatic carbocycles. The molecule has 5 heterocycles. The Morgan fingerprint density at radius 3 is 2.74 bits per heavy atom. The first-order valence-electron chi connectivity index (χ1n) is 13.3. The third-order valence-electron chi connectivity index (χ3n) is 7.21. The molecule has 0 saturated carbocycles. The number of Topliss-reactive ketones (excluding diaryl/α,β-unsaturated/α-hetero) is 1. The van der Waals surface area contributed by atoms with Gasteiger partial charge in [0.2, 0.25) is 5.91 Å². The number of anilines is 1. The van der Waals surface area contributed by atoms with E-state index in [4.69, 9.17) is 19.2 Å². The second-order valence-electron chi connectivity index (χ2n) is 9.95. The maximum Gasteiger partial charge on any atom is 0.222 e. The Kier molecular flexibility index (Phi) is 6.68. The highest BCUT2D eigenvalue weighted by Crippen LogP contribution is 2.32. The van der Waals surface area contributed by atoms with E-state index in [1.807, 2.05) is 35.4 Å². The van der Waals surface area contributed by atoms with Crippen molar-refractivity contribution in [3.05, 3.63) is 60.0 Å². The molecule has 2 fully saturated rings. The van der Waals surface area contributed by atoms with Crippen LogP contribution in [0.3, 0.4) is 0 Å². The molecule has 0 radical (unpaired) electrons. The number of nitrogens with zero attached hydrogens (tertiary/aromatic N) is 5. The number of aromatic nitrogens is 3. The number of rotatable bonds is 8. The van der Waals surface area contributed by atoms with Gasteiger partial charge in [0.15, 0.2) is 22.9 Å². The number of hydrogen-bond donors (Lipinski definition) is 0. The quantitative estimate of drug-likeness (QED) is 0.322. The number of ether oxygens (including phenoxy) is 1. The smallest absolute Gasteiger partial charge is 0.222 e. The number of fused-ring (bicyclic) bond motifs is 1. The zero-order valence-electron chi connectivity index (χ0n) is 21.6. The zero-order chi connectivity index (χ0) is 26.1. The summed E-state index contributed by atoms with van der Waals surface area (Å²) in [4.78, 5) is 33.8. The Hall–Kier alpha value is -3.98. The summed E-state index contributed by atoms with van der Waals surface area (Å²) in [5, 5.41) is 4.79. The highest BCUT2D eigenvalue weighted by Gasteiger charge is 2.23. The number of pyridine rings is 1. The molecule has 0 atom stereocenters. The molecule has 0 bridgehead atoms. The largest absolute Gasteiger partial charge is 0.449 e. The summed E-state index contributed by atoms with van der Waals surface area (Å²) in [7, 11) is 0. The van der Waals surface area contributed by atoms with Gasteiger partial charge in [-0.05, 0) is 31.9 Å². The van der Waals surface area contributed by atoms with E-state index in [0.717, 1.165) is 43.0 Å². The number of morpholine rings is 1. The van der Waals surface area contributed by atoms with Crippen LogP contribution in [0.15, 0.2) is 53.1 Å². The zero-order valence-corrected chi connectivity index (χ0v) is 21.6. The number of ketones is 1. The van der Waals surface area contributed by atoms with Crippen molar-refractivity contribution in [2.45, 2.75) is 32.6 Å². The minimum Gasteiger partial charge on any atom is -0.449 e. The van der Waals surface area contributed by atoms with Gasteiger partial charge in [-0.3, -0.25) is 9.59 Å². The minimum atomic E-state index is -0.0788. The lowest BCUT2D eigenvalue weighted by molar-refractivity contribution is -0.127. The van der Waals surface area contributed by atoms with E-state index in [1.165, 1.54) is 5.56 Å². The summed E-state index contributed by atoms with van der Waals surface area (Å²) in [6, 6.07) is 13.9. The van der Waals surface area contributed by atoms with Crippen LogP contribution in [-0.2, 0) is 9.53 Å². The number of carbonyl (C=O) groups is 2. The number of likely N-dealkylation sites (tertiary alicyclic amines) is 1. The lowest BCUT2D eigenvalue weighted by Gasteiger charge is -2.28. The molecule has 2 aliphatic heterocycles. The van der Waals surface area contributed by atoms with Crippen LogP contribution < -0.4 is 4.90 Å². The van der Waals surface area contributed by atoms with Crippen LogP contribution in [0.2, 0.25) is 0 Å². The van der Waals surface area contributed by atoms with Crippen LogP contribution in [0.5, 0.6) is 0 Å². The summed E-state index contributed by atoms with van der Waals surface area (Å²) < 4.78 is 13.5. The molecule has 2 aliphatic rings. The summed E-state index contributed by atoms with van der Waals surface area (Å²) in [6.07, 6.45) is 4.35. The molecule has 9 nitrogen and oxygen atoms in total. The lowest BCUT2D eigenvalue weighted by Crippen LogP contribution is -2.36. The number of aryl methyl sites for hydroxylation is 1. The van der Waals surface area contributed by atoms with E-state index >= 15 is 0 Å². The lowest BCUT2D eigenvalue weighted by atomic mass is 10.1. The normalized spacial score (nSPS) is 16.1. The molecule has 1 amide bonds. The van der Waals surface area contributed by atoms with Gasteiger partial charge >= 0.3 is 0 Å². The van der Waals surface area contributed by atoms with Gasteiger partial charge in [0, 0.05) is 62.9 Å². The van der Waals surface area contributed by atoms with E-state index in [1.54, 1.807) is 10.7 Å². The van der Waals surface area contributed by atoms with Crippen molar-refractivity contribution in [2.24, 2.45) is 0 Å². The fourth-order valence-corrected chi connectivity index (χ4v) is 5.19. The van der Waals surface area contributed by atoms with E-state index in [9.17, 15) is 9.59 Å². The van der Waals surface area contributed by atoms with Crippen LogP contribution in [0, 0.1) is 6.92 Å². The van der Waals surface area contributed by atoms with Crippen molar-refractivity contribution in [1.29, 1.82) is 0 Å². The second kappa shape index (κ2) is 10.4. The fourth-order valence-electron chi connectivity index (χ4n) is 5.19. The maximum absolute atomic E-state index is 13.0. The Labute approximate surface area is 221 Å². The van der Waals surface area contributed by atoms with Gasteiger partial charge < -0.3 is 19.0 Å². The van der Waals surface area contributed by atoms with Crippen molar-refractivity contribution in [1.82, 2.24) is 19.7 Å². The second-order valence-corrected chi connectivity index (χ2v) is 9.95. The number of carbonyl (C=O) groups excluding carboxylic acids is 2. The first kappa shape index (κ1) is 24.4. The number of furan rings is 1. The van der Waals surface area contributed by atoms with Crippen LogP contribution >= 0.6 is 0 Å². The SMILES string of the molecule is Cc1cccc(-c2ccn(-c3cc(N4CCOCC4)c4oc(C(=O)CCCN5CCCC5=O)cc4n3)n2)c1. The molecule has 9 heteroatoms. The van der Waals surface area contributed by atoms with Gasteiger partial charge in [-0.1, -0.05) is 23.8 Å². The van der Waals surface area contributed by atoms with E-state index in [0.29, 0.717) is 61.7 Å². The molecule has 0 unspecified atom stereocenters. The van der Waals surface area contributed by atoms with E-state index in [-0.39, 0.29) is 11.7 Å². The molecule has 0 aliphatic carbocycles. The highest BCUT2D eigenvalue weighted by molar-refractivity contribution is 5.99. The van der Waals surface area contributed by atoms with Crippen LogP contribution in [0.4, 0.5) is 5.69 Å². The third kappa shape index (κ3) is 4.93. The third-order valence-corrected chi connectivity index (χ3v) is 7.21. The molecule has 196 valence electrons. The standard InChI is InChI=1S/C29H31N5O4/c1-20-5-2-6-21(17-20)22-9-12-34(31-22)27-19-24(32-13-15-37-16-14-32)29-23(30-27)18-26(38-29)25(35)7-3-10-33-11-4-8-28(33)36/h2,5-6,9,12,17-19H,3-4,7-8,10-11,13-16H2,1H3. The van der Waals surface area contributed by atoms with Crippen LogP contribution in [0.25, 0.3) is 28.2 Å². The summed E-state index contributed by atoms with van der Waals surface area (Å²) in [6.45, 7) is 6.15. The van der Waals surface area contributed by atoms with Crippen molar-refractivity contribution in [3.8, 4) is 17.1 Å². The van der Waals surface area contributed by atoms with Gasteiger partial charge in [0.05, 0.1) is 24.6 Å². The van der Waals surface area contributed by atoms with Crippen molar-refractivity contribution < 1.29 is 18.7 Å². The van der Waals surface area contributed by atoms with Gasteiger partial charge in [0.25, 0.3) is 0 Å². The van der Waals surface area contributed by atoms with Crippen molar-refractivity contribution in [3.63, 3.8) is 0 Å². The first-order valence-corrected chi connectivity index (χ1v) is 13.3. The number of benzene rings is 1. The van der Waals surface area contributed by atoms with Crippen LogP contribution in [0.1, 0.15) is 41.8 Å². The predicted octanol–water partition coefficient (Wildman–Crippen LogP) is 4.41. The van der Waals surface area contributed by atoms with Gasteiger partial charge in [-0.25, -0.2) is 9.67 Å². The summed E-state index contributed by atoms with van der Waals surface area (Å²) in [5.74, 6) is 1.06. The Morgan fingerprint density at radius 1 is 1.08 bits per heavy atom. The van der Waals surface area contributed by atoms with E-state index in [2.05, 4.69) is 24.0 Å². The number of amides is 1. The van der Waals surface area contributed by atoms with Gasteiger partial charge in [-0.15, -0.1) is 0 Å².